The molecule has 1 aromatic heterocycles. The minimum Gasteiger partial charge on any atom is -0.321 e. The zero-order valence-electron chi connectivity index (χ0n) is 10.1. The monoisotopic (exact) mass is 322 g/mol. The Kier molecular flexibility index (Phi) is 3.61. The molecule has 0 aliphatic rings. The number of amides is 1. The van der Waals surface area contributed by atoms with Crippen molar-refractivity contribution in [1.82, 2.24) is 4.98 Å². The fourth-order valence-corrected chi connectivity index (χ4v) is 2.86. The molecule has 0 unspecified atom stereocenters. The first kappa shape index (κ1) is 13.4. The van der Waals surface area contributed by atoms with Gasteiger partial charge in [-0.2, -0.15) is 0 Å². The Bertz CT molecular complexity index is 801. The van der Waals surface area contributed by atoms with E-state index in [1.165, 1.54) is 11.3 Å². The van der Waals surface area contributed by atoms with Gasteiger partial charge in [0.25, 0.3) is 5.91 Å². The number of nitrogens with zero attached hydrogens (tertiary/aromatic N) is 1. The van der Waals surface area contributed by atoms with Gasteiger partial charge in [-0.05, 0) is 30.3 Å². The average Bonchev–Trinajstić information content (AvgIpc) is 2.91. The minimum atomic E-state index is -0.232. The third-order valence-electron chi connectivity index (χ3n) is 2.79. The first-order chi connectivity index (χ1) is 9.65. The summed E-state index contributed by atoms with van der Waals surface area (Å²) in [5.74, 6) is -0.232. The summed E-state index contributed by atoms with van der Waals surface area (Å²) in [5, 5.41) is 3.49. The Morgan fingerprint density at radius 2 is 2.05 bits per heavy atom. The van der Waals surface area contributed by atoms with E-state index in [0.717, 1.165) is 10.2 Å². The highest BCUT2D eigenvalue weighted by atomic mass is 35.5. The molecule has 1 heterocycles. The molecule has 3 rings (SSSR count). The van der Waals surface area contributed by atoms with E-state index in [9.17, 15) is 4.79 Å². The maximum absolute atomic E-state index is 12.2. The van der Waals surface area contributed by atoms with Crippen LogP contribution in [0.15, 0.2) is 41.9 Å². The van der Waals surface area contributed by atoms with Crippen molar-refractivity contribution in [2.45, 2.75) is 0 Å². The number of thiazole rings is 1. The second-order valence-corrected chi connectivity index (χ2v) is 5.76. The normalized spacial score (nSPS) is 10.7. The third kappa shape index (κ3) is 2.50. The Labute approximate surface area is 129 Å². The number of halogens is 2. The average molecular weight is 323 g/mol. The number of carbonyl (C=O) groups is 1. The van der Waals surface area contributed by atoms with E-state index < -0.39 is 0 Å². The van der Waals surface area contributed by atoms with E-state index in [1.54, 1.807) is 35.8 Å². The molecule has 20 heavy (non-hydrogen) atoms. The summed E-state index contributed by atoms with van der Waals surface area (Å²) >= 11 is 13.5. The summed E-state index contributed by atoms with van der Waals surface area (Å²) in [6, 6.07) is 10.5. The first-order valence-corrected chi connectivity index (χ1v) is 7.37. The second-order valence-electron chi connectivity index (χ2n) is 4.09. The van der Waals surface area contributed by atoms with Crippen LogP contribution in [0.1, 0.15) is 10.4 Å². The van der Waals surface area contributed by atoms with Gasteiger partial charge in [0.15, 0.2) is 0 Å². The van der Waals surface area contributed by atoms with Crippen molar-refractivity contribution >= 4 is 56.3 Å². The molecule has 3 nitrogen and oxygen atoms in total. The summed E-state index contributed by atoms with van der Waals surface area (Å²) in [6.45, 7) is 0. The number of anilines is 1. The molecule has 0 radical (unpaired) electrons. The van der Waals surface area contributed by atoms with Gasteiger partial charge in [0.1, 0.15) is 0 Å². The van der Waals surface area contributed by atoms with Crippen molar-refractivity contribution in [2.75, 3.05) is 5.32 Å². The smallest absolute Gasteiger partial charge is 0.255 e. The quantitative estimate of drug-likeness (QED) is 0.732. The molecule has 0 atom stereocenters. The van der Waals surface area contributed by atoms with Crippen LogP contribution in [0.2, 0.25) is 10.0 Å². The third-order valence-corrected chi connectivity index (χ3v) is 4.40. The molecule has 0 fully saturated rings. The Hall–Kier alpha value is -1.62. The van der Waals surface area contributed by atoms with Crippen LogP contribution < -0.4 is 5.32 Å². The number of rotatable bonds is 2. The summed E-state index contributed by atoms with van der Waals surface area (Å²) in [6.07, 6.45) is 0. The fraction of sp³-hybridized carbons (Fsp3) is 0. The predicted molar refractivity (Wildman–Crippen MR) is 84.0 cm³/mol. The van der Waals surface area contributed by atoms with E-state index in [-0.39, 0.29) is 5.91 Å². The van der Waals surface area contributed by atoms with Crippen molar-refractivity contribution in [3.8, 4) is 0 Å². The van der Waals surface area contributed by atoms with Crippen LogP contribution >= 0.6 is 34.5 Å². The van der Waals surface area contributed by atoms with Gasteiger partial charge in [0.2, 0.25) is 0 Å². The van der Waals surface area contributed by atoms with Crippen LogP contribution in [0.4, 0.5) is 5.69 Å². The standard InChI is InChI=1S/C14H8Cl2N2OS/c15-9-2-1-3-11(13(9)16)18-14(19)8-4-5-10-12(6-8)20-7-17-10/h1-7H,(H,18,19). The predicted octanol–water partition coefficient (Wildman–Crippen LogP) is 4.86. The van der Waals surface area contributed by atoms with Crippen molar-refractivity contribution < 1.29 is 4.79 Å². The van der Waals surface area contributed by atoms with Crippen molar-refractivity contribution in [3.05, 3.63) is 57.5 Å². The number of carbonyl (C=O) groups excluding carboxylic acids is 1. The van der Waals surface area contributed by atoms with Crippen LogP contribution in [-0.4, -0.2) is 10.9 Å². The van der Waals surface area contributed by atoms with Crippen LogP contribution in [-0.2, 0) is 0 Å². The highest BCUT2D eigenvalue weighted by Crippen LogP contribution is 2.30. The first-order valence-electron chi connectivity index (χ1n) is 5.74. The van der Waals surface area contributed by atoms with Gasteiger partial charge < -0.3 is 5.32 Å². The number of nitrogens with one attached hydrogen (secondary N) is 1. The van der Waals surface area contributed by atoms with E-state index in [0.29, 0.717) is 21.3 Å². The lowest BCUT2D eigenvalue weighted by atomic mass is 10.2. The van der Waals surface area contributed by atoms with Gasteiger partial charge in [-0.15, -0.1) is 11.3 Å². The summed E-state index contributed by atoms with van der Waals surface area (Å²) in [5.41, 5.74) is 3.68. The zero-order chi connectivity index (χ0) is 14.1. The maximum atomic E-state index is 12.2. The van der Waals surface area contributed by atoms with E-state index >= 15 is 0 Å². The van der Waals surface area contributed by atoms with E-state index in [4.69, 9.17) is 23.2 Å². The molecule has 1 amide bonds. The molecule has 0 saturated heterocycles. The summed E-state index contributed by atoms with van der Waals surface area (Å²) < 4.78 is 0.967. The van der Waals surface area contributed by atoms with Crippen LogP contribution in [0, 0.1) is 0 Å². The van der Waals surface area contributed by atoms with Crippen molar-refractivity contribution in [3.63, 3.8) is 0 Å². The second kappa shape index (κ2) is 5.40. The highest BCUT2D eigenvalue weighted by Gasteiger charge is 2.11. The molecular weight excluding hydrogens is 315 g/mol. The Balaban J connectivity index is 1.90. The lowest BCUT2D eigenvalue weighted by molar-refractivity contribution is 0.102. The number of hydrogen-bond donors (Lipinski definition) is 1. The van der Waals surface area contributed by atoms with Crippen molar-refractivity contribution in [1.29, 1.82) is 0 Å². The molecule has 0 spiro atoms. The number of fused-ring (bicyclic) bond motifs is 1. The molecule has 100 valence electrons. The number of hydrogen-bond acceptors (Lipinski definition) is 3. The van der Waals surface area contributed by atoms with Gasteiger partial charge in [-0.1, -0.05) is 29.3 Å². The molecule has 0 aliphatic carbocycles. The highest BCUT2D eigenvalue weighted by molar-refractivity contribution is 7.16. The van der Waals surface area contributed by atoms with Gasteiger partial charge in [-0.3, -0.25) is 4.79 Å². The molecule has 2 aromatic carbocycles. The Morgan fingerprint density at radius 3 is 2.90 bits per heavy atom. The molecule has 0 aliphatic heterocycles. The molecular formula is C14H8Cl2N2OS. The number of benzene rings is 2. The molecule has 6 heteroatoms. The van der Waals surface area contributed by atoms with E-state index in [1.807, 2.05) is 6.07 Å². The van der Waals surface area contributed by atoms with Gasteiger partial charge >= 0.3 is 0 Å². The number of aromatic nitrogens is 1. The maximum Gasteiger partial charge on any atom is 0.255 e. The molecule has 0 bridgehead atoms. The SMILES string of the molecule is O=C(Nc1cccc(Cl)c1Cl)c1ccc2ncsc2c1. The van der Waals surface area contributed by atoms with Crippen LogP contribution in [0.25, 0.3) is 10.2 Å². The fourth-order valence-electron chi connectivity index (χ4n) is 1.79. The van der Waals surface area contributed by atoms with Crippen LogP contribution in [0.3, 0.4) is 0 Å². The van der Waals surface area contributed by atoms with Crippen molar-refractivity contribution in [2.24, 2.45) is 0 Å². The van der Waals surface area contributed by atoms with E-state index in [2.05, 4.69) is 10.3 Å². The molecule has 3 aromatic rings. The largest absolute Gasteiger partial charge is 0.321 e. The summed E-state index contributed by atoms with van der Waals surface area (Å²) in [4.78, 5) is 16.4. The van der Waals surface area contributed by atoms with Gasteiger partial charge in [-0.25, -0.2) is 4.98 Å². The van der Waals surface area contributed by atoms with Gasteiger partial charge in [0.05, 0.1) is 31.5 Å². The van der Waals surface area contributed by atoms with Gasteiger partial charge in [0, 0.05) is 5.56 Å². The lowest BCUT2D eigenvalue weighted by Crippen LogP contribution is -2.12. The Morgan fingerprint density at radius 1 is 1.20 bits per heavy atom. The minimum absolute atomic E-state index is 0.232. The molecule has 1 N–H and O–H groups in total. The zero-order valence-corrected chi connectivity index (χ0v) is 12.4. The lowest BCUT2D eigenvalue weighted by Gasteiger charge is -2.08. The van der Waals surface area contributed by atoms with Crippen LogP contribution in [0.5, 0.6) is 0 Å². The topological polar surface area (TPSA) is 42.0 Å². The molecule has 0 saturated carbocycles. The summed E-state index contributed by atoms with van der Waals surface area (Å²) in [7, 11) is 0.